The van der Waals surface area contributed by atoms with Crippen molar-refractivity contribution >= 4 is 34.1 Å². The van der Waals surface area contributed by atoms with Crippen LogP contribution in [-0.4, -0.2) is 15.5 Å². The van der Waals surface area contributed by atoms with E-state index in [4.69, 9.17) is 11.6 Å². The van der Waals surface area contributed by atoms with Crippen LogP contribution in [0.1, 0.15) is 21.7 Å². The van der Waals surface area contributed by atoms with E-state index in [9.17, 15) is 9.59 Å². The van der Waals surface area contributed by atoms with Crippen LogP contribution in [0.4, 0.5) is 5.69 Å². The summed E-state index contributed by atoms with van der Waals surface area (Å²) < 4.78 is 1.61. The predicted octanol–water partition coefficient (Wildman–Crippen LogP) is 4.66. The van der Waals surface area contributed by atoms with Crippen molar-refractivity contribution < 1.29 is 4.79 Å². The lowest BCUT2D eigenvalue weighted by molar-refractivity contribution is 0.102. The largest absolute Gasteiger partial charge is 0.322 e. The van der Waals surface area contributed by atoms with E-state index in [1.165, 1.54) is 0 Å². The minimum Gasteiger partial charge on any atom is -0.322 e. The van der Waals surface area contributed by atoms with Crippen LogP contribution < -0.4 is 10.9 Å². The molecule has 1 aromatic heterocycles. The SMILES string of the molecule is Cc1nc2ccc(NC(=O)c3ccccc3)cc2c(=O)n1Cc1cccc(Cl)c1. The van der Waals surface area contributed by atoms with Crippen molar-refractivity contribution in [1.29, 1.82) is 0 Å². The summed E-state index contributed by atoms with van der Waals surface area (Å²) in [5, 5.41) is 3.90. The summed E-state index contributed by atoms with van der Waals surface area (Å²) in [5.41, 5.74) is 2.43. The summed E-state index contributed by atoms with van der Waals surface area (Å²) in [6.45, 7) is 2.17. The molecule has 1 heterocycles. The van der Waals surface area contributed by atoms with Crippen LogP contribution in [0.2, 0.25) is 5.02 Å². The van der Waals surface area contributed by atoms with Gasteiger partial charge in [-0.1, -0.05) is 41.9 Å². The van der Waals surface area contributed by atoms with Gasteiger partial charge in [-0.05, 0) is 55.0 Å². The number of aromatic nitrogens is 2. The number of benzene rings is 3. The maximum atomic E-state index is 13.1. The number of amides is 1. The van der Waals surface area contributed by atoms with Crippen molar-refractivity contribution in [3.8, 4) is 0 Å². The summed E-state index contributed by atoms with van der Waals surface area (Å²) in [6, 6.07) is 21.5. The van der Waals surface area contributed by atoms with Crippen LogP contribution in [0.15, 0.2) is 77.6 Å². The van der Waals surface area contributed by atoms with Crippen molar-refractivity contribution in [2.75, 3.05) is 5.32 Å². The van der Waals surface area contributed by atoms with E-state index in [0.717, 1.165) is 5.56 Å². The molecule has 6 heteroatoms. The summed E-state index contributed by atoms with van der Waals surface area (Å²) in [5.74, 6) is 0.382. The molecule has 29 heavy (non-hydrogen) atoms. The highest BCUT2D eigenvalue weighted by Gasteiger charge is 2.11. The van der Waals surface area contributed by atoms with Gasteiger partial charge in [0.2, 0.25) is 0 Å². The average molecular weight is 404 g/mol. The smallest absolute Gasteiger partial charge is 0.261 e. The lowest BCUT2D eigenvalue weighted by Crippen LogP contribution is -2.24. The predicted molar refractivity (Wildman–Crippen MR) is 116 cm³/mol. The third kappa shape index (κ3) is 4.05. The number of nitrogens with one attached hydrogen (secondary N) is 1. The molecular formula is C23H18ClN3O2. The maximum Gasteiger partial charge on any atom is 0.261 e. The number of nitrogens with zero attached hydrogens (tertiary/aromatic N) is 2. The molecule has 0 saturated carbocycles. The molecule has 0 saturated heterocycles. The van der Waals surface area contributed by atoms with Crippen LogP contribution in [0.3, 0.4) is 0 Å². The number of carbonyl (C=O) groups is 1. The Morgan fingerprint density at radius 1 is 1.03 bits per heavy atom. The van der Waals surface area contributed by atoms with Crippen LogP contribution in [0.5, 0.6) is 0 Å². The fourth-order valence-electron chi connectivity index (χ4n) is 3.21. The molecule has 0 bridgehead atoms. The lowest BCUT2D eigenvalue weighted by Gasteiger charge is -2.12. The van der Waals surface area contributed by atoms with Crippen LogP contribution in [-0.2, 0) is 6.54 Å². The number of carbonyl (C=O) groups excluding carboxylic acids is 1. The lowest BCUT2D eigenvalue weighted by atomic mass is 10.1. The highest BCUT2D eigenvalue weighted by atomic mass is 35.5. The van der Waals surface area contributed by atoms with Gasteiger partial charge in [-0.15, -0.1) is 0 Å². The number of rotatable bonds is 4. The van der Waals surface area contributed by atoms with Crippen LogP contribution in [0.25, 0.3) is 10.9 Å². The fraction of sp³-hybridized carbons (Fsp3) is 0.0870. The van der Waals surface area contributed by atoms with E-state index in [-0.39, 0.29) is 11.5 Å². The highest BCUT2D eigenvalue weighted by Crippen LogP contribution is 2.18. The van der Waals surface area contributed by atoms with Gasteiger partial charge >= 0.3 is 0 Å². The molecule has 0 radical (unpaired) electrons. The third-order valence-electron chi connectivity index (χ3n) is 4.67. The van der Waals surface area contributed by atoms with Crippen molar-refractivity contribution in [1.82, 2.24) is 9.55 Å². The minimum atomic E-state index is -0.232. The van der Waals surface area contributed by atoms with Crippen LogP contribution >= 0.6 is 11.6 Å². The second-order valence-corrected chi connectivity index (χ2v) is 7.17. The van der Waals surface area contributed by atoms with E-state index in [1.807, 2.05) is 24.3 Å². The molecule has 0 aliphatic heterocycles. The quantitative estimate of drug-likeness (QED) is 0.539. The van der Waals surface area contributed by atoms with Crippen molar-refractivity contribution in [3.05, 3.63) is 105 Å². The molecule has 5 nitrogen and oxygen atoms in total. The second-order valence-electron chi connectivity index (χ2n) is 6.73. The number of anilines is 1. The Morgan fingerprint density at radius 2 is 1.83 bits per heavy atom. The van der Waals surface area contributed by atoms with Gasteiger partial charge in [0.05, 0.1) is 17.4 Å². The third-order valence-corrected chi connectivity index (χ3v) is 4.90. The first-order valence-electron chi connectivity index (χ1n) is 9.13. The van der Waals surface area contributed by atoms with E-state index in [0.29, 0.717) is 39.5 Å². The summed E-state index contributed by atoms with van der Waals surface area (Å²) in [7, 11) is 0. The number of fused-ring (bicyclic) bond motifs is 1. The monoisotopic (exact) mass is 403 g/mol. The molecule has 0 unspecified atom stereocenters. The Hall–Kier alpha value is -3.44. The number of aryl methyl sites for hydroxylation is 1. The van der Waals surface area contributed by atoms with E-state index in [1.54, 1.807) is 60.0 Å². The zero-order valence-corrected chi connectivity index (χ0v) is 16.5. The topological polar surface area (TPSA) is 64.0 Å². The number of halogens is 1. The number of hydrogen-bond donors (Lipinski definition) is 1. The van der Waals surface area contributed by atoms with Crippen LogP contribution in [0, 0.1) is 6.92 Å². The molecule has 0 fully saturated rings. The zero-order valence-electron chi connectivity index (χ0n) is 15.7. The Morgan fingerprint density at radius 3 is 2.59 bits per heavy atom. The average Bonchev–Trinajstić information content (AvgIpc) is 2.72. The minimum absolute atomic E-state index is 0.164. The normalized spacial score (nSPS) is 10.8. The van der Waals surface area contributed by atoms with Gasteiger partial charge in [0.1, 0.15) is 5.82 Å². The molecule has 4 rings (SSSR count). The standard InChI is InChI=1S/C23H18ClN3O2/c1-15-25-21-11-10-19(26-22(28)17-7-3-2-4-8-17)13-20(21)23(29)27(15)14-16-6-5-9-18(24)12-16/h2-13H,14H2,1H3,(H,26,28). The molecule has 0 aliphatic carbocycles. The molecular weight excluding hydrogens is 386 g/mol. The second kappa shape index (κ2) is 7.89. The van der Waals surface area contributed by atoms with Crippen molar-refractivity contribution in [2.45, 2.75) is 13.5 Å². The summed E-state index contributed by atoms with van der Waals surface area (Å²) >= 11 is 6.06. The first kappa shape index (κ1) is 18.9. The van der Waals surface area contributed by atoms with E-state index in [2.05, 4.69) is 10.3 Å². The van der Waals surface area contributed by atoms with Gasteiger partial charge in [-0.25, -0.2) is 4.98 Å². The fourth-order valence-corrected chi connectivity index (χ4v) is 3.42. The van der Waals surface area contributed by atoms with Gasteiger partial charge in [-0.3, -0.25) is 14.2 Å². The Balaban J connectivity index is 1.70. The van der Waals surface area contributed by atoms with Gasteiger partial charge in [-0.2, -0.15) is 0 Å². The first-order chi connectivity index (χ1) is 14.0. The van der Waals surface area contributed by atoms with E-state index < -0.39 is 0 Å². The molecule has 4 aromatic rings. The number of hydrogen-bond acceptors (Lipinski definition) is 3. The van der Waals surface area contributed by atoms with E-state index >= 15 is 0 Å². The molecule has 0 aliphatic rings. The molecule has 0 spiro atoms. The van der Waals surface area contributed by atoms with Gasteiger partial charge in [0.15, 0.2) is 0 Å². The molecule has 1 amide bonds. The van der Waals surface area contributed by atoms with Gasteiger partial charge in [0.25, 0.3) is 11.5 Å². The Labute approximate surface area is 172 Å². The van der Waals surface area contributed by atoms with Crippen molar-refractivity contribution in [3.63, 3.8) is 0 Å². The maximum absolute atomic E-state index is 13.1. The van der Waals surface area contributed by atoms with Gasteiger partial charge in [0, 0.05) is 16.3 Å². The highest BCUT2D eigenvalue weighted by molar-refractivity contribution is 6.30. The molecule has 3 aromatic carbocycles. The van der Waals surface area contributed by atoms with Crippen molar-refractivity contribution in [2.24, 2.45) is 0 Å². The molecule has 0 atom stereocenters. The Kier molecular flexibility index (Phi) is 5.14. The molecule has 1 N–H and O–H groups in total. The first-order valence-corrected chi connectivity index (χ1v) is 9.51. The summed E-state index contributed by atoms with van der Waals surface area (Å²) in [6.07, 6.45) is 0. The molecule has 144 valence electrons. The zero-order chi connectivity index (χ0) is 20.4. The Bertz CT molecular complexity index is 1270. The van der Waals surface area contributed by atoms with Gasteiger partial charge < -0.3 is 5.32 Å². The summed E-state index contributed by atoms with van der Waals surface area (Å²) in [4.78, 5) is 30.1.